The number of rotatable bonds is 6. The lowest BCUT2D eigenvalue weighted by atomic mass is 9.88. The Morgan fingerprint density at radius 2 is 2.07 bits per heavy atom. The highest BCUT2D eigenvalue weighted by Gasteiger charge is 2.39. The maximum absolute atomic E-state index is 12.2. The largest absolute Gasteiger partial charge is 0.362 e. The van der Waals surface area contributed by atoms with E-state index in [0.29, 0.717) is 6.54 Å². The Hall–Kier alpha value is -2.40. The zero-order valence-corrected chi connectivity index (χ0v) is 16.3. The number of Topliss-reactive ketones (excluding diaryl/α,β-unsaturated/α-hetero) is 1. The van der Waals surface area contributed by atoms with Crippen LogP contribution < -0.4 is 10.2 Å². The summed E-state index contributed by atoms with van der Waals surface area (Å²) in [5, 5.41) is 2.95. The fourth-order valence-electron chi connectivity index (χ4n) is 4.56. The Kier molecular flexibility index (Phi) is 4.64. The highest BCUT2D eigenvalue weighted by molar-refractivity contribution is 6.06. The van der Waals surface area contributed by atoms with Gasteiger partial charge in [0.2, 0.25) is 0 Å². The maximum atomic E-state index is 12.2. The normalized spacial score (nSPS) is 20.1. The van der Waals surface area contributed by atoms with E-state index in [1.54, 1.807) is 6.92 Å². The van der Waals surface area contributed by atoms with Gasteiger partial charge in [-0.3, -0.25) is 9.59 Å². The van der Waals surface area contributed by atoms with Crippen LogP contribution in [0.15, 0.2) is 29.9 Å². The highest BCUT2D eigenvalue weighted by atomic mass is 16.2. The van der Waals surface area contributed by atoms with Crippen molar-refractivity contribution in [2.45, 2.75) is 39.8 Å². The van der Waals surface area contributed by atoms with Crippen molar-refractivity contribution < 1.29 is 9.59 Å². The number of anilines is 1. The van der Waals surface area contributed by atoms with Gasteiger partial charge in [-0.2, -0.15) is 0 Å². The molecular weight excluding hydrogens is 338 g/mol. The van der Waals surface area contributed by atoms with Gasteiger partial charge in [0.25, 0.3) is 5.91 Å². The van der Waals surface area contributed by atoms with E-state index in [4.69, 9.17) is 0 Å². The van der Waals surface area contributed by atoms with Crippen LogP contribution in [0.1, 0.15) is 48.7 Å². The van der Waals surface area contributed by atoms with Crippen LogP contribution in [0.4, 0.5) is 5.69 Å². The van der Waals surface area contributed by atoms with Crippen LogP contribution >= 0.6 is 0 Å². The number of ketones is 1. The first-order valence-corrected chi connectivity index (χ1v) is 9.91. The molecule has 1 aliphatic carbocycles. The van der Waals surface area contributed by atoms with E-state index < -0.39 is 0 Å². The van der Waals surface area contributed by atoms with Crippen LogP contribution in [0.2, 0.25) is 0 Å². The fourth-order valence-corrected chi connectivity index (χ4v) is 4.56. The van der Waals surface area contributed by atoms with E-state index in [1.807, 2.05) is 6.07 Å². The summed E-state index contributed by atoms with van der Waals surface area (Å²) in [6, 6.07) is 4.30. The number of nitrogens with zero attached hydrogens (tertiary/aromatic N) is 2. The number of carbonyl (C=O) groups is 2. The first kappa shape index (κ1) is 18.0. The summed E-state index contributed by atoms with van der Waals surface area (Å²) in [5.41, 5.74) is 6.22. The Morgan fingerprint density at radius 1 is 1.30 bits per heavy atom. The summed E-state index contributed by atoms with van der Waals surface area (Å²) < 4.78 is 0. The molecule has 1 N–H and O–H groups in total. The molecule has 27 heavy (non-hydrogen) atoms. The maximum Gasteiger partial charge on any atom is 0.251 e. The average molecular weight is 365 g/mol. The van der Waals surface area contributed by atoms with Gasteiger partial charge in [-0.1, -0.05) is 19.9 Å². The predicted octanol–water partition coefficient (Wildman–Crippen LogP) is 2.76. The summed E-state index contributed by atoms with van der Waals surface area (Å²) >= 11 is 0. The minimum Gasteiger partial charge on any atom is -0.362 e. The zero-order valence-electron chi connectivity index (χ0n) is 16.3. The summed E-state index contributed by atoms with van der Waals surface area (Å²) in [4.78, 5) is 29.0. The minimum absolute atomic E-state index is 0.00434. The van der Waals surface area contributed by atoms with E-state index in [1.165, 1.54) is 16.8 Å². The first-order valence-electron chi connectivity index (χ1n) is 9.91. The highest BCUT2D eigenvalue weighted by Crippen LogP contribution is 2.47. The van der Waals surface area contributed by atoms with Gasteiger partial charge in [-0.05, 0) is 55.8 Å². The Labute approximate surface area is 160 Å². The molecule has 2 heterocycles. The standard InChI is InChI=1S/C22H27N3O2/c1-4-24(5-2)10-11-25-19-8-6-15(14(3)26)12-17(19)21-18-13-23-22(27)16(18)7-9-20(21)25/h6-7,9,12,19H,4-5,8,10-11,13H2,1-3H3,(H,23,27). The van der Waals surface area contributed by atoms with Crippen LogP contribution in [0, 0.1) is 0 Å². The molecule has 1 unspecified atom stereocenters. The monoisotopic (exact) mass is 365 g/mol. The number of likely N-dealkylation sites (N-methyl/N-ethyl adjacent to an activating group) is 1. The lowest BCUT2D eigenvalue weighted by Crippen LogP contribution is -2.39. The molecular formula is C22H27N3O2. The van der Waals surface area contributed by atoms with Crippen molar-refractivity contribution in [3.8, 4) is 0 Å². The second kappa shape index (κ2) is 6.97. The van der Waals surface area contributed by atoms with Crippen molar-refractivity contribution in [3.63, 3.8) is 0 Å². The van der Waals surface area contributed by atoms with Crippen molar-refractivity contribution in [3.05, 3.63) is 46.5 Å². The number of amides is 1. The van der Waals surface area contributed by atoms with Crippen molar-refractivity contribution in [1.29, 1.82) is 0 Å². The molecule has 0 radical (unpaired) electrons. The fraction of sp³-hybridized carbons (Fsp3) is 0.455. The lowest BCUT2D eigenvalue weighted by molar-refractivity contribution is -0.113. The molecule has 3 aliphatic rings. The van der Waals surface area contributed by atoms with Crippen LogP contribution in [-0.4, -0.2) is 48.8 Å². The smallest absolute Gasteiger partial charge is 0.251 e. The van der Waals surface area contributed by atoms with Crippen molar-refractivity contribution in [2.24, 2.45) is 0 Å². The molecule has 0 fully saturated rings. The molecule has 1 aromatic carbocycles. The minimum atomic E-state index is 0.00434. The molecule has 5 heteroatoms. The third-order valence-electron chi connectivity index (χ3n) is 6.12. The molecule has 0 saturated heterocycles. The number of hydrogen-bond donors (Lipinski definition) is 1. The zero-order chi connectivity index (χ0) is 19.1. The third-order valence-corrected chi connectivity index (χ3v) is 6.12. The van der Waals surface area contributed by atoms with Gasteiger partial charge in [0.15, 0.2) is 5.78 Å². The molecule has 0 aromatic heterocycles. The SMILES string of the molecule is CCN(CC)CCN1c2ccc3c(c2C2=CC(C(C)=O)=CCC21)CNC3=O. The van der Waals surface area contributed by atoms with Crippen molar-refractivity contribution in [1.82, 2.24) is 10.2 Å². The number of hydrogen-bond acceptors (Lipinski definition) is 4. The molecule has 1 aromatic rings. The molecule has 1 amide bonds. The van der Waals surface area contributed by atoms with Gasteiger partial charge in [0.1, 0.15) is 0 Å². The third kappa shape index (κ3) is 2.90. The molecule has 4 rings (SSSR count). The molecule has 142 valence electrons. The number of fused-ring (bicyclic) bond motifs is 5. The van der Waals surface area contributed by atoms with Crippen LogP contribution in [-0.2, 0) is 11.3 Å². The first-order chi connectivity index (χ1) is 13.0. The van der Waals surface area contributed by atoms with Crippen LogP contribution in [0.5, 0.6) is 0 Å². The number of nitrogens with one attached hydrogen (secondary N) is 1. The van der Waals surface area contributed by atoms with E-state index in [-0.39, 0.29) is 17.7 Å². The van der Waals surface area contributed by atoms with E-state index in [9.17, 15) is 9.59 Å². The van der Waals surface area contributed by atoms with Gasteiger partial charge in [-0.15, -0.1) is 0 Å². The lowest BCUT2D eigenvalue weighted by Gasteiger charge is -2.31. The quantitative estimate of drug-likeness (QED) is 0.842. The molecule has 2 aliphatic heterocycles. The Balaban J connectivity index is 1.77. The number of carbonyl (C=O) groups excluding carboxylic acids is 2. The van der Waals surface area contributed by atoms with Gasteiger partial charge in [-0.25, -0.2) is 0 Å². The van der Waals surface area contributed by atoms with Gasteiger partial charge in [0, 0.05) is 42.0 Å². The average Bonchev–Trinajstić information content (AvgIpc) is 3.20. The molecule has 5 nitrogen and oxygen atoms in total. The summed E-state index contributed by atoms with van der Waals surface area (Å²) in [6.45, 7) is 10.6. The van der Waals surface area contributed by atoms with Gasteiger partial charge >= 0.3 is 0 Å². The Bertz CT molecular complexity index is 865. The molecule has 0 saturated carbocycles. The van der Waals surface area contributed by atoms with Crippen LogP contribution in [0.3, 0.4) is 0 Å². The molecule has 1 atom stereocenters. The summed E-state index contributed by atoms with van der Waals surface area (Å²) in [6.07, 6.45) is 4.95. The Morgan fingerprint density at radius 3 is 2.78 bits per heavy atom. The summed E-state index contributed by atoms with van der Waals surface area (Å²) in [5.74, 6) is 0.107. The van der Waals surface area contributed by atoms with Crippen molar-refractivity contribution >= 4 is 23.0 Å². The topological polar surface area (TPSA) is 52.6 Å². The van der Waals surface area contributed by atoms with Crippen molar-refractivity contribution in [2.75, 3.05) is 31.1 Å². The van der Waals surface area contributed by atoms with E-state index in [2.05, 4.69) is 47.2 Å². The summed E-state index contributed by atoms with van der Waals surface area (Å²) in [7, 11) is 0. The van der Waals surface area contributed by atoms with Crippen LogP contribution in [0.25, 0.3) is 5.57 Å². The second-order valence-electron chi connectivity index (χ2n) is 7.46. The number of benzene rings is 1. The van der Waals surface area contributed by atoms with Gasteiger partial charge in [0.05, 0.1) is 6.04 Å². The molecule has 0 spiro atoms. The van der Waals surface area contributed by atoms with E-state index in [0.717, 1.165) is 49.3 Å². The predicted molar refractivity (Wildman–Crippen MR) is 108 cm³/mol. The molecule has 0 bridgehead atoms. The van der Waals surface area contributed by atoms with Gasteiger partial charge < -0.3 is 15.1 Å². The van der Waals surface area contributed by atoms with E-state index >= 15 is 0 Å². The number of allylic oxidation sites excluding steroid dienone is 2. The second-order valence-corrected chi connectivity index (χ2v) is 7.46.